The van der Waals surface area contributed by atoms with Gasteiger partial charge in [-0.05, 0) is 65.9 Å². The number of hydrogen-bond acceptors (Lipinski definition) is 1. The first-order chi connectivity index (χ1) is 9.09. The van der Waals surface area contributed by atoms with Crippen LogP contribution in [0.15, 0.2) is 28.7 Å². The summed E-state index contributed by atoms with van der Waals surface area (Å²) in [4.78, 5) is 0. The maximum Gasteiger partial charge on any atom is 0.0612 e. The first-order valence-corrected chi connectivity index (χ1v) is 7.67. The first-order valence-electron chi connectivity index (χ1n) is 6.50. The van der Waals surface area contributed by atoms with Crippen LogP contribution in [0.3, 0.4) is 0 Å². The molecule has 19 heavy (non-hydrogen) atoms. The fraction of sp³-hybridized carbons (Fsp3) is 0.333. The van der Waals surface area contributed by atoms with Gasteiger partial charge < -0.3 is 10.3 Å². The second-order valence-corrected chi connectivity index (χ2v) is 6.30. The molecule has 0 spiro atoms. The van der Waals surface area contributed by atoms with Crippen LogP contribution in [-0.4, -0.2) is 4.57 Å². The number of aryl methyl sites for hydroxylation is 1. The highest BCUT2D eigenvalue weighted by atomic mass is 79.9. The van der Waals surface area contributed by atoms with E-state index in [1.807, 2.05) is 12.1 Å². The third-order valence-corrected chi connectivity index (χ3v) is 5.20. The summed E-state index contributed by atoms with van der Waals surface area (Å²) in [7, 11) is 0. The van der Waals surface area contributed by atoms with Crippen LogP contribution >= 0.6 is 27.5 Å². The molecular formula is C15H16BrClN2. The molecule has 1 atom stereocenters. The Morgan fingerprint density at radius 2 is 2.21 bits per heavy atom. The van der Waals surface area contributed by atoms with Crippen molar-refractivity contribution < 1.29 is 0 Å². The molecule has 1 aromatic heterocycles. The first kappa shape index (κ1) is 13.2. The number of aromatic nitrogens is 1. The molecule has 1 aromatic carbocycles. The highest BCUT2D eigenvalue weighted by Gasteiger charge is 2.23. The molecule has 0 saturated heterocycles. The minimum Gasteiger partial charge on any atom is -0.324 e. The Hall–Kier alpha value is -0.770. The van der Waals surface area contributed by atoms with Gasteiger partial charge in [0.25, 0.3) is 0 Å². The van der Waals surface area contributed by atoms with Crippen LogP contribution in [0.4, 0.5) is 0 Å². The Bertz CT molecular complexity index is 633. The predicted molar refractivity (Wildman–Crippen MR) is 83.1 cm³/mol. The third-order valence-electron chi connectivity index (χ3n) is 3.82. The van der Waals surface area contributed by atoms with E-state index in [2.05, 4.69) is 39.6 Å². The van der Waals surface area contributed by atoms with Crippen LogP contribution in [-0.2, 0) is 6.42 Å². The monoisotopic (exact) mass is 338 g/mol. The minimum absolute atomic E-state index is 0.168. The zero-order chi connectivity index (χ0) is 13.6. The van der Waals surface area contributed by atoms with Crippen LogP contribution in [0.1, 0.15) is 35.8 Å². The summed E-state index contributed by atoms with van der Waals surface area (Å²) in [5, 5.41) is 0.736. The van der Waals surface area contributed by atoms with E-state index in [1.54, 1.807) is 0 Å². The van der Waals surface area contributed by atoms with Gasteiger partial charge in [-0.3, -0.25) is 0 Å². The molecule has 2 nitrogen and oxygen atoms in total. The van der Waals surface area contributed by atoms with Gasteiger partial charge in [0.05, 0.1) is 15.2 Å². The molecule has 1 unspecified atom stereocenters. The zero-order valence-electron chi connectivity index (χ0n) is 10.8. The average Bonchev–Trinajstić information content (AvgIpc) is 2.71. The van der Waals surface area contributed by atoms with Gasteiger partial charge >= 0.3 is 0 Å². The Kier molecular flexibility index (Phi) is 3.46. The highest BCUT2D eigenvalue weighted by Crippen LogP contribution is 2.36. The van der Waals surface area contributed by atoms with Crippen molar-refractivity contribution in [2.24, 2.45) is 5.73 Å². The number of nitrogens with zero attached hydrogens (tertiary/aromatic N) is 1. The molecule has 3 rings (SSSR count). The second-order valence-electron chi connectivity index (χ2n) is 5.09. The lowest BCUT2D eigenvalue weighted by atomic mass is 9.93. The van der Waals surface area contributed by atoms with Gasteiger partial charge in [0, 0.05) is 17.4 Å². The normalized spacial score (nSPS) is 18.4. The van der Waals surface area contributed by atoms with Crippen molar-refractivity contribution in [2.45, 2.75) is 32.2 Å². The van der Waals surface area contributed by atoms with E-state index in [1.165, 1.54) is 17.0 Å². The van der Waals surface area contributed by atoms with Gasteiger partial charge in [-0.2, -0.15) is 0 Å². The number of hydrogen-bond donors (Lipinski definition) is 1. The Balaban J connectivity index is 2.23. The molecule has 2 N–H and O–H groups in total. The van der Waals surface area contributed by atoms with Gasteiger partial charge in [0.15, 0.2) is 0 Å². The molecule has 0 radical (unpaired) electrons. The number of rotatable bonds is 1. The fourth-order valence-corrected chi connectivity index (χ4v) is 3.55. The molecule has 2 aromatic rings. The van der Waals surface area contributed by atoms with E-state index in [0.717, 1.165) is 34.4 Å². The van der Waals surface area contributed by atoms with Gasteiger partial charge in [-0.1, -0.05) is 17.7 Å². The molecule has 100 valence electrons. The summed E-state index contributed by atoms with van der Waals surface area (Å²) >= 11 is 9.80. The Morgan fingerprint density at radius 1 is 1.42 bits per heavy atom. The maximum absolute atomic E-state index is 6.22. The minimum atomic E-state index is 0.168. The lowest BCUT2D eigenvalue weighted by Gasteiger charge is -2.22. The van der Waals surface area contributed by atoms with Gasteiger partial charge in [0.2, 0.25) is 0 Å². The Labute approximate surface area is 126 Å². The number of benzene rings is 1. The molecule has 0 bridgehead atoms. The SMILES string of the molecule is Cc1cc2c(n1-c1cccc(Cl)c1Br)CCCC2N. The standard InChI is InChI=1S/C15H16BrClN2/c1-9-8-10-12(18)5-3-6-13(10)19(9)14-7-2-4-11(17)15(14)16/h2,4,7-8,12H,3,5-6,18H2,1H3. The lowest BCUT2D eigenvalue weighted by molar-refractivity contribution is 0.560. The fourth-order valence-electron chi connectivity index (χ4n) is 2.94. The van der Waals surface area contributed by atoms with Crippen LogP contribution in [0.5, 0.6) is 0 Å². The van der Waals surface area contributed by atoms with Crippen molar-refractivity contribution in [3.8, 4) is 5.69 Å². The van der Waals surface area contributed by atoms with Gasteiger partial charge in [-0.15, -0.1) is 0 Å². The molecule has 0 fully saturated rings. The largest absolute Gasteiger partial charge is 0.324 e. The number of nitrogens with two attached hydrogens (primary N) is 1. The van der Waals surface area contributed by atoms with E-state index in [4.69, 9.17) is 17.3 Å². The summed E-state index contributed by atoms with van der Waals surface area (Å²) in [6.45, 7) is 2.12. The highest BCUT2D eigenvalue weighted by molar-refractivity contribution is 9.10. The second kappa shape index (κ2) is 4.97. The molecule has 1 aliphatic rings. The molecule has 1 aliphatic carbocycles. The van der Waals surface area contributed by atoms with Crippen molar-refractivity contribution >= 4 is 27.5 Å². The smallest absolute Gasteiger partial charge is 0.0612 e. The van der Waals surface area contributed by atoms with Crippen molar-refractivity contribution in [2.75, 3.05) is 0 Å². The summed E-state index contributed by atoms with van der Waals surface area (Å²) in [6, 6.07) is 8.35. The van der Waals surface area contributed by atoms with Crippen LogP contribution < -0.4 is 5.73 Å². The molecule has 1 heterocycles. The van der Waals surface area contributed by atoms with E-state index in [0.29, 0.717) is 0 Å². The molecule has 4 heteroatoms. The van der Waals surface area contributed by atoms with Crippen LogP contribution in [0, 0.1) is 6.92 Å². The lowest BCUT2D eigenvalue weighted by Crippen LogP contribution is -2.18. The summed E-state index contributed by atoms with van der Waals surface area (Å²) in [5.41, 5.74) is 11.2. The van der Waals surface area contributed by atoms with Crippen molar-refractivity contribution in [1.82, 2.24) is 4.57 Å². The summed E-state index contributed by atoms with van der Waals surface area (Å²) < 4.78 is 3.22. The maximum atomic E-state index is 6.22. The van der Waals surface area contributed by atoms with Gasteiger partial charge in [0.1, 0.15) is 0 Å². The summed E-state index contributed by atoms with van der Waals surface area (Å²) in [5.74, 6) is 0. The topological polar surface area (TPSA) is 30.9 Å². The zero-order valence-corrected chi connectivity index (χ0v) is 13.1. The quantitative estimate of drug-likeness (QED) is 0.812. The number of fused-ring (bicyclic) bond motifs is 1. The molecule has 0 amide bonds. The van der Waals surface area contributed by atoms with E-state index in [9.17, 15) is 0 Å². The van der Waals surface area contributed by atoms with E-state index in [-0.39, 0.29) is 6.04 Å². The van der Waals surface area contributed by atoms with Crippen LogP contribution in [0.25, 0.3) is 5.69 Å². The molecule has 0 saturated carbocycles. The molecular weight excluding hydrogens is 324 g/mol. The summed E-state index contributed by atoms with van der Waals surface area (Å²) in [6.07, 6.45) is 3.30. The Morgan fingerprint density at radius 3 is 3.00 bits per heavy atom. The predicted octanol–water partition coefficient (Wildman–Crippen LogP) is 4.54. The van der Waals surface area contributed by atoms with E-state index >= 15 is 0 Å². The average molecular weight is 340 g/mol. The van der Waals surface area contributed by atoms with Gasteiger partial charge in [-0.25, -0.2) is 0 Å². The van der Waals surface area contributed by atoms with Crippen molar-refractivity contribution in [3.05, 3.63) is 50.7 Å². The third kappa shape index (κ3) is 2.14. The van der Waals surface area contributed by atoms with E-state index < -0.39 is 0 Å². The van der Waals surface area contributed by atoms with Crippen molar-refractivity contribution in [1.29, 1.82) is 0 Å². The van der Waals surface area contributed by atoms with Crippen LogP contribution in [0.2, 0.25) is 5.02 Å². The molecule has 0 aliphatic heterocycles. The number of halogens is 2. The van der Waals surface area contributed by atoms with Crippen molar-refractivity contribution in [3.63, 3.8) is 0 Å².